The van der Waals surface area contributed by atoms with E-state index >= 15 is 0 Å². The molecular formula is C16H20N2OS. The van der Waals surface area contributed by atoms with Crippen LogP contribution in [0.15, 0.2) is 24.3 Å². The van der Waals surface area contributed by atoms with Gasteiger partial charge >= 0.3 is 0 Å². The lowest BCUT2D eigenvalue weighted by Crippen LogP contribution is -2.33. The Morgan fingerprint density at radius 1 is 1.25 bits per heavy atom. The van der Waals surface area contributed by atoms with Crippen molar-refractivity contribution in [2.75, 3.05) is 6.54 Å². The molecule has 1 aromatic carbocycles. The molecule has 2 aromatic rings. The average Bonchev–Trinajstić information content (AvgIpc) is 2.90. The molecule has 0 aliphatic heterocycles. The molecule has 1 aliphatic rings. The quantitative estimate of drug-likeness (QED) is 0.935. The van der Waals surface area contributed by atoms with E-state index in [0.29, 0.717) is 6.54 Å². The van der Waals surface area contributed by atoms with Crippen molar-refractivity contribution in [1.82, 2.24) is 10.3 Å². The molecule has 0 unspecified atom stereocenters. The van der Waals surface area contributed by atoms with E-state index < -0.39 is 0 Å². The van der Waals surface area contributed by atoms with E-state index in [1.807, 2.05) is 18.2 Å². The number of rotatable bonds is 4. The first-order valence-corrected chi connectivity index (χ1v) is 8.27. The Bertz CT molecular complexity index is 554. The number of fused-ring (bicyclic) bond motifs is 1. The van der Waals surface area contributed by atoms with Gasteiger partial charge in [-0.2, -0.15) is 0 Å². The molecule has 1 saturated carbocycles. The van der Waals surface area contributed by atoms with Gasteiger partial charge in [-0.05, 0) is 25.0 Å². The fraction of sp³-hybridized carbons (Fsp3) is 0.500. The first-order chi connectivity index (χ1) is 9.83. The standard InChI is InChI=1S/C16H20N2OS/c19-16(12-6-2-1-3-7-12)17-11-10-15-18-13-8-4-5-9-14(13)20-15/h4-5,8-9,12H,1-3,6-7,10-11H2,(H,17,19). The van der Waals surface area contributed by atoms with Crippen molar-refractivity contribution in [3.63, 3.8) is 0 Å². The Morgan fingerprint density at radius 3 is 2.85 bits per heavy atom. The van der Waals surface area contributed by atoms with Crippen LogP contribution in [0, 0.1) is 5.92 Å². The highest BCUT2D eigenvalue weighted by molar-refractivity contribution is 7.18. The van der Waals surface area contributed by atoms with Gasteiger partial charge in [0.2, 0.25) is 5.91 Å². The van der Waals surface area contributed by atoms with Crippen molar-refractivity contribution in [3.05, 3.63) is 29.3 Å². The average molecular weight is 288 g/mol. The highest BCUT2D eigenvalue weighted by Crippen LogP contribution is 2.24. The minimum Gasteiger partial charge on any atom is -0.355 e. The van der Waals surface area contributed by atoms with Crippen LogP contribution in [0.4, 0.5) is 0 Å². The molecule has 20 heavy (non-hydrogen) atoms. The lowest BCUT2D eigenvalue weighted by atomic mass is 9.89. The van der Waals surface area contributed by atoms with Gasteiger partial charge < -0.3 is 5.32 Å². The molecule has 4 heteroatoms. The molecule has 106 valence electrons. The fourth-order valence-corrected chi connectivity index (χ4v) is 3.80. The Hall–Kier alpha value is -1.42. The number of nitrogens with one attached hydrogen (secondary N) is 1. The maximum absolute atomic E-state index is 12.0. The van der Waals surface area contributed by atoms with Gasteiger partial charge in [-0.25, -0.2) is 4.98 Å². The fourth-order valence-electron chi connectivity index (χ4n) is 2.83. The summed E-state index contributed by atoms with van der Waals surface area (Å²) in [4.78, 5) is 16.6. The van der Waals surface area contributed by atoms with Crippen LogP contribution in [0.5, 0.6) is 0 Å². The molecule has 1 aliphatic carbocycles. The largest absolute Gasteiger partial charge is 0.355 e. The Labute approximate surface area is 123 Å². The summed E-state index contributed by atoms with van der Waals surface area (Å²) in [5, 5.41) is 4.18. The van der Waals surface area contributed by atoms with E-state index in [0.717, 1.165) is 29.8 Å². The second kappa shape index (κ2) is 6.35. The van der Waals surface area contributed by atoms with Gasteiger partial charge in [-0.1, -0.05) is 31.4 Å². The third-order valence-corrected chi connectivity index (χ3v) is 5.05. The van der Waals surface area contributed by atoms with Gasteiger partial charge in [-0.3, -0.25) is 4.79 Å². The summed E-state index contributed by atoms with van der Waals surface area (Å²) in [5.41, 5.74) is 1.06. The Balaban J connectivity index is 1.50. The van der Waals surface area contributed by atoms with Gasteiger partial charge in [-0.15, -0.1) is 11.3 Å². The maximum Gasteiger partial charge on any atom is 0.223 e. The second-order valence-corrected chi connectivity index (χ2v) is 6.57. The number of thiazole rings is 1. The van der Waals surface area contributed by atoms with Crippen molar-refractivity contribution < 1.29 is 4.79 Å². The molecular weight excluding hydrogens is 268 g/mol. The maximum atomic E-state index is 12.0. The van der Waals surface area contributed by atoms with Crippen LogP contribution in [0.25, 0.3) is 10.2 Å². The topological polar surface area (TPSA) is 42.0 Å². The van der Waals surface area contributed by atoms with E-state index in [1.165, 1.54) is 24.0 Å². The predicted molar refractivity (Wildman–Crippen MR) is 82.9 cm³/mol. The molecule has 0 atom stereocenters. The second-order valence-electron chi connectivity index (χ2n) is 5.45. The van der Waals surface area contributed by atoms with Gasteiger partial charge in [0, 0.05) is 18.9 Å². The summed E-state index contributed by atoms with van der Waals surface area (Å²) in [6, 6.07) is 8.18. The summed E-state index contributed by atoms with van der Waals surface area (Å²) in [7, 11) is 0. The van der Waals surface area contributed by atoms with Gasteiger partial charge in [0.05, 0.1) is 15.2 Å². The highest BCUT2D eigenvalue weighted by atomic mass is 32.1. The third-order valence-electron chi connectivity index (χ3n) is 3.95. The van der Waals surface area contributed by atoms with Crippen LogP contribution in [-0.2, 0) is 11.2 Å². The molecule has 0 saturated heterocycles. The number of carbonyl (C=O) groups is 1. The summed E-state index contributed by atoms with van der Waals surface area (Å²) in [6.45, 7) is 0.704. The molecule has 3 rings (SSSR count). The Kier molecular flexibility index (Phi) is 4.31. The number of hydrogen-bond acceptors (Lipinski definition) is 3. The van der Waals surface area contributed by atoms with E-state index in [9.17, 15) is 4.79 Å². The van der Waals surface area contributed by atoms with E-state index in [2.05, 4.69) is 16.4 Å². The lowest BCUT2D eigenvalue weighted by molar-refractivity contribution is -0.125. The molecule has 1 amide bonds. The summed E-state index contributed by atoms with van der Waals surface area (Å²) in [5.74, 6) is 0.491. The third kappa shape index (κ3) is 3.18. The predicted octanol–water partition coefficient (Wildman–Crippen LogP) is 3.54. The first-order valence-electron chi connectivity index (χ1n) is 7.45. The normalized spacial score (nSPS) is 16.4. The number of hydrogen-bond donors (Lipinski definition) is 1. The lowest BCUT2D eigenvalue weighted by Gasteiger charge is -2.20. The van der Waals surface area contributed by atoms with Gasteiger partial charge in [0.25, 0.3) is 0 Å². The SMILES string of the molecule is O=C(NCCc1nc2ccccc2s1)C1CCCCC1. The van der Waals surface area contributed by atoms with Crippen LogP contribution in [0.2, 0.25) is 0 Å². The number of benzene rings is 1. The van der Waals surface area contributed by atoms with Crippen LogP contribution in [0.1, 0.15) is 37.1 Å². The van der Waals surface area contributed by atoms with Crippen molar-refractivity contribution in [2.24, 2.45) is 5.92 Å². The van der Waals surface area contributed by atoms with E-state index in [4.69, 9.17) is 0 Å². The number of aromatic nitrogens is 1. The van der Waals surface area contributed by atoms with Crippen LogP contribution < -0.4 is 5.32 Å². The number of nitrogens with zero attached hydrogens (tertiary/aromatic N) is 1. The molecule has 0 bridgehead atoms. The molecule has 0 spiro atoms. The zero-order valence-corrected chi connectivity index (χ0v) is 12.4. The molecule has 1 heterocycles. The summed E-state index contributed by atoms with van der Waals surface area (Å²) < 4.78 is 1.22. The minimum atomic E-state index is 0.241. The van der Waals surface area contributed by atoms with Gasteiger partial charge in [0.15, 0.2) is 0 Å². The zero-order chi connectivity index (χ0) is 13.8. The van der Waals surface area contributed by atoms with E-state index in [-0.39, 0.29) is 11.8 Å². The first kappa shape index (κ1) is 13.6. The number of para-hydroxylation sites is 1. The molecule has 1 aromatic heterocycles. The highest BCUT2D eigenvalue weighted by Gasteiger charge is 2.20. The van der Waals surface area contributed by atoms with Gasteiger partial charge in [0.1, 0.15) is 0 Å². The number of carbonyl (C=O) groups excluding carboxylic acids is 1. The zero-order valence-electron chi connectivity index (χ0n) is 11.6. The molecule has 0 radical (unpaired) electrons. The Morgan fingerprint density at radius 2 is 2.05 bits per heavy atom. The smallest absolute Gasteiger partial charge is 0.223 e. The van der Waals surface area contributed by atoms with E-state index in [1.54, 1.807) is 11.3 Å². The monoisotopic (exact) mass is 288 g/mol. The van der Waals surface area contributed by atoms with Crippen LogP contribution >= 0.6 is 11.3 Å². The van der Waals surface area contributed by atoms with Crippen LogP contribution in [0.3, 0.4) is 0 Å². The van der Waals surface area contributed by atoms with Crippen molar-refractivity contribution in [1.29, 1.82) is 0 Å². The summed E-state index contributed by atoms with van der Waals surface area (Å²) >= 11 is 1.72. The molecule has 1 fully saturated rings. The summed E-state index contributed by atoms with van der Waals surface area (Å²) in [6.07, 6.45) is 6.65. The molecule has 3 nitrogen and oxygen atoms in total. The number of amides is 1. The minimum absolute atomic E-state index is 0.241. The van der Waals surface area contributed by atoms with Crippen molar-refractivity contribution in [3.8, 4) is 0 Å². The molecule has 1 N–H and O–H groups in total. The van der Waals surface area contributed by atoms with Crippen molar-refractivity contribution >= 4 is 27.5 Å². The van der Waals surface area contributed by atoms with Crippen LogP contribution in [-0.4, -0.2) is 17.4 Å². The van der Waals surface area contributed by atoms with Crippen molar-refractivity contribution in [2.45, 2.75) is 38.5 Å².